The number of nitrogens with one attached hydrogen (secondary N) is 2. The minimum absolute atomic E-state index is 0.00773. The van der Waals surface area contributed by atoms with Gasteiger partial charge in [0.25, 0.3) is 5.69 Å². The summed E-state index contributed by atoms with van der Waals surface area (Å²) in [6.07, 6.45) is 1.00. The van der Waals surface area contributed by atoms with Gasteiger partial charge in [0.15, 0.2) is 17.3 Å². The first-order chi connectivity index (χ1) is 16.1. The molecule has 2 aromatic carbocycles. The maximum Gasteiger partial charge on any atom is 0.279 e. The summed E-state index contributed by atoms with van der Waals surface area (Å²) >= 11 is 1.64. The molecule has 0 saturated heterocycles. The van der Waals surface area contributed by atoms with Gasteiger partial charge in [-0.25, -0.2) is 0 Å². The molecule has 0 spiro atoms. The molecule has 9 heteroatoms. The molecule has 0 saturated carbocycles. The normalized spacial score (nSPS) is 20.9. The average molecular weight is 461 g/mol. The van der Waals surface area contributed by atoms with Gasteiger partial charge in [-0.1, -0.05) is 18.2 Å². The van der Waals surface area contributed by atoms with Crippen LogP contribution >= 0.6 is 11.3 Å². The summed E-state index contributed by atoms with van der Waals surface area (Å²) in [6.45, 7) is 0.00773. The molecular formula is C24H19N3O5S. The molecule has 0 unspecified atom stereocenters. The van der Waals surface area contributed by atoms with Crippen molar-refractivity contribution < 1.29 is 19.2 Å². The highest BCUT2D eigenvalue weighted by Gasteiger charge is 2.39. The summed E-state index contributed by atoms with van der Waals surface area (Å²) in [5.41, 5.74) is 3.18. The summed E-state index contributed by atoms with van der Waals surface area (Å²) in [6, 6.07) is 14.0. The van der Waals surface area contributed by atoms with Gasteiger partial charge in [-0.15, -0.1) is 11.3 Å². The number of carbonyl (C=O) groups is 1. The largest absolute Gasteiger partial charge is 0.454 e. The first-order valence-corrected chi connectivity index (χ1v) is 11.5. The molecule has 0 amide bonds. The van der Waals surface area contributed by atoms with Gasteiger partial charge in [-0.3, -0.25) is 14.9 Å². The van der Waals surface area contributed by atoms with Crippen molar-refractivity contribution in [2.75, 3.05) is 17.4 Å². The van der Waals surface area contributed by atoms with Crippen LogP contribution in [0.2, 0.25) is 0 Å². The molecule has 0 fully saturated rings. The summed E-state index contributed by atoms with van der Waals surface area (Å²) in [7, 11) is 0. The van der Waals surface area contributed by atoms with Gasteiger partial charge >= 0.3 is 0 Å². The third-order valence-corrected chi connectivity index (χ3v) is 7.32. The lowest BCUT2D eigenvalue weighted by atomic mass is 9.80. The fourth-order valence-electron chi connectivity index (χ4n) is 4.79. The minimum Gasteiger partial charge on any atom is -0.454 e. The number of fused-ring (bicyclic) bond motifs is 2. The zero-order valence-corrected chi connectivity index (χ0v) is 18.2. The molecule has 1 aliphatic carbocycles. The lowest BCUT2D eigenvalue weighted by molar-refractivity contribution is -0.385. The zero-order valence-electron chi connectivity index (χ0n) is 17.4. The van der Waals surface area contributed by atoms with Crippen molar-refractivity contribution in [2.45, 2.75) is 24.8 Å². The fourth-order valence-corrected chi connectivity index (χ4v) is 5.62. The van der Waals surface area contributed by atoms with E-state index in [-0.39, 0.29) is 24.2 Å². The SMILES string of the molecule is O=C1C[C@H](c2cccs2)CC2=C1[C@@H](c1cc3c(cc1[N+](=O)[O-])OCO3)Nc1ccccc1N2. The number of anilines is 2. The first-order valence-electron chi connectivity index (χ1n) is 10.6. The van der Waals surface area contributed by atoms with Crippen LogP contribution in [0.4, 0.5) is 17.1 Å². The molecule has 1 aromatic heterocycles. The monoisotopic (exact) mass is 461 g/mol. The van der Waals surface area contributed by atoms with Gasteiger partial charge in [0.1, 0.15) is 0 Å². The molecule has 8 nitrogen and oxygen atoms in total. The Morgan fingerprint density at radius 3 is 2.58 bits per heavy atom. The predicted molar refractivity (Wildman–Crippen MR) is 124 cm³/mol. The van der Waals surface area contributed by atoms with Gasteiger partial charge in [0.2, 0.25) is 6.79 Å². The molecular weight excluding hydrogens is 442 g/mol. The number of benzene rings is 2. The number of hydrogen-bond acceptors (Lipinski definition) is 8. The molecule has 3 heterocycles. The molecule has 166 valence electrons. The van der Waals surface area contributed by atoms with E-state index in [2.05, 4.69) is 16.7 Å². The Hall–Kier alpha value is -3.85. The van der Waals surface area contributed by atoms with Gasteiger partial charge in [0, 0.05) is 28.5 Å². The Kier molecular flexibility index (Phi) is 4.58. The summed E-state index contributed by atoms with van der Waals surface area (Å²) in [5.74, 6) is 0.810. The van der Waals surface area contributed by atoms with Crippen molar-refractivity contribution in [2.24, 2.45) is 0 Å². The number of nitro groups is 1. The van der Waals surface area contributed by atoms with Crippen LogP contribution in [-0.2, 0) is 4.79 Å². The number of rotatable bonds is 3. The van der Waals surface area contributed by atoms with Crippen molar-refractivity contribution in [3.05, 3.63) is 85.7 Å². The minimum atomic E-state index is -0.706. The molecule has 0 bridgehead atoms. The number of carbonyl (C=O) groups excluding carboxylic acids is 1. The van der Waals surface area contributed by atoms with E-state index >= 15 is 0 Å². The van der Waals surface area contributed by atoms with E-state index in [4.69, 9.17) is 9.47 Å². The molecule has 33 heavy (non-hydrogen) atoms. The fraction of sp³-hybridized carbons (Fsp3) is 0.208. The number of ether oxygens (including phenoxy) is 2. The predicted octanol–water partition coefficient (Wildman–Crippen LogP) is 5.36. The van der Waals surface area contributed by atoms with Crippen LogP contribution in [0.5, 0.6) is 11.5 Å². The molecule has 3 aliphatic rings. The Bertz CT molecular complexity index is 1320. The Morgan fingerprint density at radius 2 is 1.82 bits per heavy atom. The van der Waals surface area contributed by atoms with Crippen LogP contribution in [0, 0.1) is 10.1 Å². The highest BCUT2D eigenvalue weighted by atomic mass is 32.1. The maximum absolute atomic E-state index is 13.6. The van der Waals surface area contributed by atoms with Crippen LogP contribution in [0.1, 0.15) is 35.2 Å². The van der Waals surface area contributed by atoms with Gasteiger partial charge in [-0.05, 0) is 36.1 Å². The first kappa shape index (κ1) is 19.8. The lowest BCUT2D eigenvalue weighted by Crippen LogP contribution is -2.27. The number of para-hydroxylation sites is 2. The number of nitro benzene ring substituents is 1. The summed E-state index contributed by atoms with van der Waals surface area (Å²) in [4.78, 5) is 26.3. The number of hydrogen-bond donors (Lipinski definition) is 2. The van der Waals surface area contributed by atoms with Crippen molar-refractivity contribution in [1.82, 2.24) is 0 Å². The van der Waals surface area contributed by atoms with Crippen LogP contribution in [-0.4, -0.2) is 17.5 Å². The molecule has 3 aromatic rings. The quantitative estimate of drug-likeness (QED) is 0.400. The van der Waals surface area contributed by atoms with Gasteiger partial charge in [-0.2, -0.15) is 0 Å². The molecule has 2 atom stereocenters. The van der Waals surface area contributed by atoms with Crippen molar-refractivity contribution >= 4 is 34.2 Å². The standard InChI is InChI=1S/C24H19N3O5S/c28-19-9-13(22-6-3-7-33-22)8-17-23(19)24(26-16-5-2-1-4-15(16)25-17)14-10-20-21(32-12-31-20)11-18(14)27(29)30/h1-7,10-11,13,24-26H,8-9,12H2/t13-,24-/m1/s1. The summed E-state index contributed by atoms with van der Waals surface area (Å²) in [5, 5.41) is 20.9. The van der Waals surface area contributed by atoms with E-state index in [0.29, 0.717) is 35.5 Å². The zero-order chi connectivity index (χ0) is 22.5. The third kappa shape index (κ3) is 3.32. The number of nitrogens with zero attached hydrogens (tertiary/aromatic N) is 1. The lowest BCUT2D eigenvalue weighted by Gasteiger charge is -2.29. The number of Topliss-reactive ketones (excluding diaryl/α,β-unsaturated/α-hetero) is 1. The smallest absolute Gasteiger partial charge is 0.279 e. The maximum atomic E-state index is 13.6. The average Bonchev–Trinajstić information content (AvgIpc) is 3.47. The van der Waals surface area contributed by atoms with Crippen LogP contribution < -0.4 is 20.1 Å². The van der Waals surface area contributed by atoms with E-state index in [1.54, 1.807) is 17.4 Å². The molecule has 6 rings (SSSR count). The highest BCUT2D eigenvalue weighted by Crippen LogP contribution is 2.48. The van der Waals surface area contributed by atoms with E-state index < -0.39 is 11.0 Å². The van der Waals surface area contributed by atoms with Crippen molar-refractivity contribution in [1.29, 1.82) is 0 Å². The number of thiophene rings is 1. The number of allylic oxidation sites excluding steroid dienone is 1. The molecule has 2 aliphatic heterocycles. The van der Waals surface area contributed by atoms with E-state index in [0.717, 1.165) is 21.9 Å². The van der Waals surface area contributed by atoms with E-state index in [1.807, 2.05) is 35.7 Å². The van der Waals surface area contributed by atoms with Gasteiger partial charge in [0.05, 0.1) is 34.0 Å². The van der Waals surface area contributed by atoms with Crippen molar-refractivity contribution in [3.8, 4) is 11.5 Å². The van der Waals surface area contributed by atoms with Gasteiger partial charge < -0.3 is 20.1 Å². The van der Waals surface area contributed by atoms with Crippen molar-refractivity contribution in [3.63, 3.8) is 0 Å². The second-order valence-corrected chi connectivity index (χ2v) is 9.18. The third-order valence-electron chi connectivity index (χ3n) is 6.28. The second-order valence-electron chi connectivity index (χ2n) is 8.21. The highest BCUT2D eigenvalue weighted by molar-refractivity contribution is 7.10. The van der Waals surface area contributed by atoms with E-state index in [1.165, 1.54) is 6.07 Å². The number of ketones is 1. The Labute approximate surface area is 193 Å². The van der Waals surface area contributed by atoms with E-state index in [9.17, 15) is 14.9 Å². The molecule has 2 N–H and O–H groups in total. The summed E-state index contributed by atoms with van der Waals surface area (Å²) < 4.78 is 10.9. The molecule has 0 radical (unpaired) electrons. The Morgan fingerprint density at radius 1 is 1.03 bits per heavy atom. The van der Waals surface area contributed by atoms with Crippen LogP contribution in [0.15, 0.2) is 65.2 Å². The second kappa shape index (κ2) is 7.63. The topological polar surface area (TPSA) is 103 Å². The van der Waals surface area contributed by atoms with Crippen LogP contribution in [0.25, 0.3) is 0 Å². The Balaban J connectivity index is 1.53. The van der Waals surface area contributed by atoms with Crippen LogP contribution in [0.3, 0.4) is 0 Å².